The Morgan fingerprint density at radius 1 is 1.57 bits per heavy atom. The molecule has 1 saturated heterocycles. The zero-order valence-electron chi connectivity index (χ0n) is 8.36. The number of nitrogens with two attached hydrogens (primary N) is 1. The van der Waals surface area contributed by atoms with Crippen LogP contribution in [0.2, 0.25) is 0 Å². The van der Waals surface area contributed by atoms with E-state index in [1.807, 2.05) is 0 Å². The molecule has 1 atom stereocenters. The molecule has 3 N–H and O–H groups in total. The number of nitrogens with one attached hydrogen (secondary N) is 1. The normalized spacial score (nSPS) is 24.4. The van der Waals surface area contributed by atoms with Crippen molar-refractivity contribution < 1.29 is 9.00 Å². The monoisotopic (exact) mass is 219 g/mol. The molecule has 0 radical (unpaired) electrons. The molecule has 0 aromatic heterocycles. The molecule has 0 saturated carbocycles. The molecule has 1 unspecified atom stereocenters. The SMILES string of the molecule is CCS(=N)(=O)N1CCC(C(N)=O)CC1. The lowest BCUT2D eigenvalue weighted by molar-refractivity contribution is -0.122. The van der Waals surface area contributed by atoms with Gasteiger partial charge in [0.2, 0.25) is 5.91 Å². The molecule has 1 fully saturated rings. The van der Waals surface area contributed by atoms with E-state index in [9.17, 15) is 9.00 Å². The van der Waals surface area contributed by atoms with Crippen LogP contribution in [0, 0.1) is 10.7 Å². The van der Waals surface area contributed by atoms with Crippen molar-refractivity contribution in [2.75, 3.05) is 18.8 Å². The minimum atomic E-state index is -2.59. The molecule has 0 bridgehead atoms. The van der Waals surface area contributed by atoms with Crippen LogP contribution in [-0.2, 0) is 14.7 Å². The van der Waals surface area contributed by atoms with E-state index in [4.69, 9.17) is 10.5 Å². The average Bonchev–Trinajstić information content (AvgIpc) is 2.18. The third-order valence-corrected chi connectivity index (χ3v) is 4.65. The summed E-state index contributed by atoms with van der Waals surface area (Å²) in [6.45, 7) is 2.84. The van der Waals surface area contributed by atoms with Crippen LogP contribution in [0.25, 0.3) is 0 Å². The summed E-state index contributed by atoms with van der Waals surface area (Å²) in [5.74, 6) is -0.0373. The van der Waals surface area contributed by atoms with Crippen LogP contribution >= 0.6 is 0 Å². The summed E-state index contributed by atoms with van der Waals surface area (Å²) in [5.41, 5.74) is 5.18. The quantitative estimate of drug-likeness (QED) is 0.708. The zero-order valence-corrected chi connectivity index (χ0v) is 9.18. The van der Waals surface area contributed by atoms with Gasteiger partial charge in [-0.3, -0.25) is 4.79 Å². The van der Waals surface area contributed by atoms with Gasteiger partial charge in [-0.25, -0.2) is 13.3 Å². The second-order valence-electron chi connectivity index (χ2n) is 3.53. The third kappa shape index (κ3) is 2.45. The van der Waals surface area contributed by atoms with Crippen molar-refractivity contribution in [2.45, 2.75) is 19.8 Å². The van der Waals surface area contributed by atoms with Crippen LogP contribution in [-0.4, -0.2) is 33.3 Å². The van der Waals surface area contributed by atoms with Gasteiger partial charge in [-0.15, -0.1) is 0 Å². The number of hydrogen-bond acceptors (Lipinski definition) is 3. The average molecular weight is 219 g/mol. The Morgan fingerprint density at radius 2 is 2.07 bits per heavy atom. The molecule has 82 valence electrons. The van der Waals surface area contributed by atoms with Gasteiger partial charge in [-0.05, 0) is 12.8 Å². The first kappa shape index (κ1) is 11.5. The van der Waals surface area contributed by atoms with Crippen LogP contribution in [0.15, 0.2) is 0 Å². The van der Waals surface area contributed by atoms with Gasteiger partial charge < -0.3 is 5.73 Å². The number of carbonyl (C=O) groups is 1. The lowest BCUT2D eigenvalue weighted by Crippen LogP contribution is -2.41. The van der Waals surface area contributed by atoms with E-state index in [1.54, 1.807) is 11.2 Å². The van der Waals surface area contributed by atoms with E-state index in [2.05, 4.69) is 0 Å². The molecule has 0 aromatic carbocycles. The number of hydrogen-bond donors (Lipinski definition) is 2. The van der Waals surface area contributed by atoms with Crippen LogP contribution in [0.1, 0.15) is 19.8 Å². The molecular formula is C8H17N3O2S. The van der Waals surface area contributed by atoms with Crippen molar-refractivity contribution in [1.29, 1.82) is 4.78 Å². The topological polar surface area (TPSA) is 87.2 Å². The van der Waals surface area contributed by atoms with Crippen LogP contribution in [0.4, 0.5) is 0 Å². The highest BCUT2D eigenvalue weighted by atomic mass is 32.2. The highest BCUT2D eigenvalue weighted by Crippen LogP contribution is 2.19. The Kier molecular flexibility index (Phi) is 3.49. The summed E-state index contributed by atoms with van der Waals surface area (Å²) in [7, 11) is -2.59. The molecular weight excluding hydrogens is 202 g/mol. The van der Waals surface area contributed by atoms with Gasteiger partial charge in [0.05, 0.1) is 0 Å². The standard InChI is InChI=1S/C8H17N3O2S/c1-2-14(10,13)11-5-3-7(4-6-11)8(9)12/h7,10H,2-6H2,1H3,(H2,9,12). The first-order chi connectivity index (χ1) is 6.47. The van der Waals surface area contributed by atoms with E-state index in [1.165, 1.54) is 0 Å². The molecule has 1 heterocycles. The van der Waals surface area contributed by atoms with Crippen LogP contribution in [0.5, 0.6) is 0 Å². The molecule has 5 nitrogen and oxygen atoms in total. The lowest BCUT2D eigenvalue weighted by Gasteiger charge is -2.30. The molecule has 1 aliphatic rings. The van der Waals surface area contributed by atoms with E-state index >= 15 is 0 Å². The predicted molar refractivity (Wildman–Crippen MR) is 54.9 cm³/mol. The Balaban J connectivity index is 2.56. The highest BCUT2D eigenvalue weighted by Gasteiger charge is 2.27. The molecule has 14 heavy (non-hydrogen) atoms. The fraction of sp³-hybridized carbons (Fsp3) is 0.875. The van der Waals surface area contributed by atoms with Gasteiger partial charge in [0.1, 0.15) is 9.92 Å². The number of nitrogens with zero attached hydrogens (tertiary/aromatic N) is 1. The predicted octanol–water partition coefficient (Wildman–Crippen LogP) is 0.165. The van der Waals surface area contributed by atoms with Gasteiger partial charge in [0.25, 0.3) is 0 Å². The molecule has 1 rings (SSSR count). The minimum absolute atomic E-state index is 0.0988. The fourth-order valence-electron chi connectivity index (χ4n) is 1.62. The van der Waals surface area contributed by atoms with Crippen LogP contribution in [0.3, 0.4) is 0 Å². The van der Waals surface area contributed by atoms with Crippen LogP contribution < -0.4 is 5.73 Å². The highest BCUT2D eigenvalue weighted by molar-refractivity contribution is 7.90. The maximum absolute atomic E-state index is 11.7. The van der Waals surface area contributed by atoms with Crippen molar-refractivity contribution in [3.63, 3.8) is 0 Å². The first-order valence-corrected chi connectivity index (χ1v) is 6.46. The van der Waals surface area contributed by atoms with Gasteiger partial charge in [0.15, 0.2) is 0 Å². The number of amides is 1. The second-order valence-corrected chi connectivity index (χ2v) is 5.91. The van der Waals surface area contributed by atoms with E-state index in [-0.39, 0.29) is 11.8 Å². The zero-order chi connectivity index (χ0) is 10.8. The van der Waals surface area contributed by atoms with Gasteiger partial charge in [0, 0.05) is 24.8 Å². The Bertz CT molecular complexity index is 305. The van der Waals surface area contributed by atoms with Gasteiger partial charge in [-0.2, -0.15) is 0 Å². The van der Waals surface area contributed by atoms with Crippen molar-refractivity contribution >= 4 is 15.8 Å². The van der Waals surface area contributed by atoms with E-state index in [0.29, 0.717) is 31.7 Å². The Hall–Kier alpha value is -0.620. The number of rotatable bonds is 3. The summed E-state index contributed by atoms with van der Waals surface area (Å²) in [6.07, 6.45) is 1.26. The summed E-state index contributed by atoms with van der Waals surface area (Å²) in [4.78, 5) is 10.9. The molecule has 1 aliphatic heterocycles. The summed E-state index contributed by atoms with van der Waals surface area (Å²) in [6, 6.07) is 0. The summed E-state index contributed by atoms with van der Waals surface area (Å²) < 4.78 is 20.9. The van der Waals surface area contributed by atoms with Crippen molar-refractivity contribution in [3.05, 3.63) is 0 Å². The molecule has 6 heteroatoms. The number of piperidine rings is 1. The molecule has 0 aliphatic carbocycles. The van der Waals surface area contributed by atoms with Crippen molar-refractivity contribution in [2.24, 2.45) is 11.7 Å². The summed E-state index contributed by atoms with van der Waals surface area (Å²) in [5, 5.41) is 0. The third-order valence-electron chi connectivity index (χ3n) is 2.66. The maximum Gasteiger partial charge on any atom is 0.220 e. The molecule has 0 spiro atoms. The Morgan fingerprint density at radius 3 is 2.43 bits per heavy atom. The smallest absolute Gasteiger partial charge is 0.220 e. The van der Waals surface area contributed by atoms with Crippen molar-refractivity contribution in [3.8, 4) is 0 Å². The lowest BCUT2D eigenvalue weighted by atomic mass is 9.98. The van der Waals surface area contributed by atoms with Gasteiger partial charge >= 0.3 is 0 Å². The first-order valence-electron chi connectivity index (χ1n) is 4.78. The van der Waals surface area contributed by atoms with E-state index < -0.39 is 9.92 Å². The largest absolute Gasteiger partial charge is 0.369 e. The Labute approximate surface area is 84.8 Å². The number of primary amides is 1. The summed E-state index contributed by atoms with van der Waals surface area (Å²) >= 11 is 0. The number of carbonyl (C=O) groups excluding carboxylic acids is 1. The fourth-order valence-corrected chi connectivity index (χ4v) is 2.78. The molecule has 0 aromatic rings. The minimum Gasteiger partial charge on any atom is -0.369 e. The van der Waals surface area contributed by atoms with Crippen molar-refractivity contribution in [1.82, 2.24) is 4.31 Å². The van der Waals surface area contributed by atoms with Gasteiger partial charge in [-0.1, -0.05) is 6.92 Å². The molecule has 1 amide bonds. The maximum atomic E-state index is 11.7. The second kappa shape index (κ2) is 4.27. The van der Waals surface area contributed by atoms with E-state index in [0.717, 1.165) is 0 Å².